The number of nitrogens with one attached hydrogen (secondary N) is 2. The summed E-state index contributed by atoms with van der Waals surface area (Å²) in [5.41, 5.74) is 0.277. The van der Waals surface area contributed by atoms with Gasteiger partial charge in [-0.3, -0.25) is 4.79 Å². The zero-order valence-corrected chi connectivity index (χ0v) is 21.3. The summed E-state index contributed by atoms with van der Waals surface area (Å²) in [6, 6.07) is 0.191. The Kier molecular flexibility index (Phi) is 8.91. The first-order valence-corrected chi connectivity index (χ1v) is 12.8. The number of amides is 1. The molecule has 1 amide bonds. The fraction of sp³-hybridized carbons (Fsp3) is 0.704. The Morgan fingerprint density at radius 3 is 2.69 bits per heavy atom. The molecule has 2 aliphatic rings. The summed E-state index contributed by atoms with van der Waals surface area (Å²) in [4.78, 5) is 29.8. The van der Waals surface area contributed by atoms with E-state index in [4.69, 9.17) is 9.40 Å². The first kappa shape index (κ1) is 27.1. The third kappa shape index (κ3) is 6.40. The molecule has 3 heterocycles. The van der Waals surface area contributed by atoms with Crippen LogP contribution in [0.4, 0.5) is 5.82 Å². The van der Waals surface area contributed by atoms with E-state index in [1.807, 2.05) is 0 Å². The average Bonchev–Trinajstić information content (AvgIpc) is 3.33. The maximum Gasteiger partial charge on any atom is 0.259 e. The van der Waals surface area contributed by atoms with E-state index in [0.717, 1.165) is 13.1 Å². The summed E-state index contributed by atoms with van der Waals surface area (Å²) in [5, 5.41) is 6.93. The van der Waals surface area contributed by atoms with Crippen LogP contribution in [-0.2, 0) is 12.0 Å². The number of hydrogen-bond donors (Lipinski definition) is 2. The fourth-order valence-corrected chi connectivity index (χ4v) is 5.36. The van der Waals surface area contributed by atoms with Gasteiger partial charge in [0.25, 0.3) is 5.91 Å². The van der Waals surface area contributed by atoms with Crippen molar-refractivity contribution in [3.8, 4) is 0 Å². The molecule has 0 bridgehead atoms. The number of carbonyl (C=O) groups is 1. The van der Waals surface area contributed by atoms with E-state index >= 15 is 0 Å². The number of aromatic nitrogens is 3. The number of piperidine rings is 1. The van der Waals surface area contributed by atoms with Gasteiger partial charge in [-0.25, -0.2) is 15.0 Å². The molecule has 8 nitrogen and oxygen atoms in total. The molecule has 1 saturated carbocycles. The molecule has 4 rings (SSSR count). The van der Waals surface area contributed by atoms with Crippen LogP contribution in [0.25, 0.3) is 0 Å². The summed E-state index contributed by atoms with van der Waals surface area (Å²) in [7, 11) is 0. The van der Waals surface area contributed by atoms with Crippen molar-refractivity contribution in [3.05, 3.63) is 35.9 Å². The number of anilines is 1. The third-order valence-electron chi connectivity index (χ3n) is 7.03. The molecule has 3 unspecified atom stereocenters. The normalized spacial score (nSPS) is 22.3. The zero-order valence-electron chi connectivity index (χ0n) is 21.3. The summed E-state index contributed by atoms with van der Waals surface area (Å²) < 4.78 is 5.39. The molecule has 3 atom stereocenters. The Balaban J connectivity index is 0.00000342. The van der Waals surface area contributed by atoms with Crippen molar-refractivity contribution in [2.75, 3.05) is 25.0 Å². The van der Waals surface area contributed by atoms with Gasteiger partial charge in [0.15, 0.2) is 0 Å². The van der Waals surface area contributed by atoms with Crippen molar-refractivity contribution in [2.45, 2.75) is 85.7 Å². The van der Waals surface area contributed by atoms with E-state index in [9.17, 15) is 4.79 Å². The van der Waals surface area contributed by atoms with Crippen LogP contribution >= 0.6 is 0 Å². The molecular formula is C27H44N6O2. The van der Waals surface area contributed by atoms with E-state index in [-0.39, 0.29) is 24.8 Å². The second-order valence-corrected chi connectivity index (χ2v) is 11.3. The minimum atomic E-state index is -0.235. The summed E-state index contributed by atoms with van der Waals surface area (Å²) in [6.07, 6.45) is 9.88. The van der Waals surface area contributed by atoms with Gasteiger partial charge in [0, 0.05) is 30.7 Å². The maximum atomic E-state index is 14.1. The molecular weight excluding hydrogens is 440 g/mol. The highest BCUT2D eigenvalue weighted by molar-refractivity contribution is 5.98. The van der Waals surface area contributed by atoms with Crippen LogP contribution < -0.4 is 10.6 Å². The molecule has 8 heteroatoms. The fourth-order valence-electron chi connectivity index (χ4n) is 5.36. The van der Waals surface area contributed by atoms with Crippen molar-refractivity contribution in [1.29, 1.82) is 0 Å². The minimum absolute atomic E-state index is 0. The summed E-state index contributed by atoms with van der Waals surface area (Å²) in [6.45, 7) is 13.6. The predicted octanol–water partition coefficient (Wildman–Crippen LogP) is 4.89. The molecule has 1 aliphatic heterocycles. The minimum Gasteiger partial charge on any atom is -0.447 e. The largest absolute Gasteiger partial charge is 0.447 e. The lowest BCUT2D eigenvalue weighted by Crippen LogP contribution is -2.58. The lowest BCUT2D eigenvalue weighted by atomic mass is 9.72. The number of rotatable bonds is 7. The number of fused-ring (bicyclic) bond motifs is 1. The van der Waals surface area contributed by atoms with Crippen molar-refractivity contribution in [3.63, 3.8) is 0 Å². The Labute approximate surface area is 210 Å². The van der Waals surface area contributed by atoms with E-state index < -0.39 is 0 Å². The van der Waals surface area contributed by atoms with Crippen LogP contribution in [-0.4, -0.2) is 51.4 Å². The van der Waals surface area contributed by atoms with E-state index in [0.29, 0.717) is 53.9 Å². The predicted molar refractivity (Wildman–Crippen MR) is 139 cm³/mol. The smallest absolute Gasteiger partial charge is 0.259 e. The SMILES string of the molecule is C.CC(C)CN(C(=O)c1cnc(C(C)(C)C)nc1NCc1ncco1)C1CNCC2CCCCC21. The van der Waals surface area contributed by atoms with E-state index in [1.165, 1.54) is 25.7 Å². The second-order valence-electron chi connectivity index (χ2n) is 11.3. The Bertz CT molecular complexity index is 951. The molecule has 1 saturated heterocycles. The Morgan fingerprint density at radius 1 is 1.23 bits per heavy atom. The number of oxazole rings is 1. The molecule has 2 aromatic rings. The van der Waals surface area contributed by atoms with Crippen LogP contribution in [0.5, 0.6) is 0 Å². The monoisotopic (exact) mass is 484 g/mol. The molecule has 0 radical (unpaired) electrons. The molecule has 2 N–H and O–H groups in total. The highest BCUT2D eigenvalue weighted by atomic mass is 16.3. The number of hydrogen-bond acceptors (Lipinski definition) is 7. The molecule has 2 aromatic heterocycles. The van der Waals surface area contributed by atoms with Gasteiger partial charge in [-0.15, -0.1) is 0 Å². The lowest BCUT2D eigenvalue weighted by Gasteiger charge is -2.47. The van der Waals surface area contributed by atoms with Gasteiger partial charge in [-0.05, 0) is 37.1 Å². The zero-order chi connectivity index (χ0) is 24.3. The van der Waals surface area contributed by atoms with Crippen molar-refractivity contribution >= 4 is 11.7 Å². The van der Waals surface area contributed by atoms with Crippen LogP contribution in [0.1, 0.15) is 89.8 Å². The van der Waals surface area contributed by atoms with E-state index in [2.05, 4.69) is 60.1 Å². The highest BCUT2D eigenvalue weighted by Gasteiger charge is 2.40. The van der Waals surface area contributed by atoms with Gasteiger partial charge < -0.3 is 20.0 Å². The van der Waals surface area contributed by atoms with Gasteiger partial charge in [-0.1, -0.05) is 54.9 Å². The Hall–Kier alpha value is -2.48. The van der Waals surface area contributed by atoms with Gasteiger partial charge in [0.2, 0.25) is 5.89 Å². The van der Waals surface area contributed by atoms with Crippen molar-refractivity contribution in [2.24, 2.45) is 17.8 Å². The van der Waals surface area contributed by atoms with Crippen LogP contribution in [0, 0.1) is 17.8 Å². The van der Waals surface area contributed by atoms with Crippen LogP contribution in [0.3, 0.4) is 0 Å². The first-order chi connectivity index (χ1) is 16.2. The third-order valence-corrected chi connectivity index (χ3v) is 7.03. The molecule has 0 spiro atoms. The molecule has 1 aliphatic carbocycles. The first-order valence-electron chi connectivity index (χ1n) is 12.8. The molecule has 2 fully saturated rings. The number of carbonyl (C=O) groups excluding carboxylic acids is 1. The van der Waals surface area contributed by atoms with E-state index in [1.54, 1.807) is 18.7 Å². The van der Waals surface area contributed by atoms with Gasteiger partial charge in [-0.2, -0.15) is 0 Å². The standard InChI is InChI=1S/C26H40N6O2.CH4/c1-17(2)16-32(21-14-27-12-18-8-6-7-9-19(18)21)24(33)20-13-30-25(26(3,4)5)31-23(20)29-15-22-28-10-11-34-22;/h10-11,13,17-19,21,27H,6-9,12,14-16H2,1-5H3,(H,29,30,31);1H4. The Morgan fingerprint density at radius 2 is 2.00 bits per heavy atom. The topological polar surface area (TPSA) is 96.2 Å². The molecule has 35 heavy (non-hydrogen) atoms. The van der Waals surface area contributed by atoms with Crippen LogP contribution in [0.2, 0.25) is 0 Å². The average molecular weight is 485 g/mol. The summed E-state index contributed by atoms with van der Waals surface area (Å²) in [5.74, 6) is 3.36. The quantitative estimate of drug-likeness (QED) is 0.578. The van der Waals surface area contributed by atoms with Crippen molar-refractivity contribution < 1.29 is 9.21 Å². The highest BCUT2D eigenvalue weighted by Crippen LogP contribution is 2.37. The van der Waals surface area contributed by atoms with Crippen LogP contribution in [0.15, 0.2) is 23.1 Å². The van der Waals surface area contributed by atoms with Crippen molar-refractivity contribution in [1.82, 2.24) is 25.2 Å². The summed E-state index contributed by atoms with van der Waals surface area (Å²) >= 11 is 0. The molecule has 0 aromatic carbocycles. The van der Waals surface area contributed by atoms with Gasteiger partial charge in [0.05, 0.1) is 12.7 Å². The van der Waals surface area contributed by atoms with Gasteiger partial charge >= 0.3 is 0 Å². The van der Waals surface area contributed by atoms with Gasteiger partial charge in [0.1, 0.15) is 23.5 Å². The molecule has 194 valence electrons. The number of nitrogens with zero attached hydrogens (tertiary/aromatic N) is 4. The lowest BCUT2D eigenvalue weighted by molar-refractivity contribution is 0.0333. The second kappa shape index (κ2) is 11.5. The maximum absolute atomic E-state index is 14.1.